The zero-order valence-corrected chi connectivity index (χ0v) is 17.2. The van der Waals surface area contributed by atoms with Crippen molar-refractivity contribution in [3.8, 4) is 0 Å². The summed E-state index contributed by atoms with van der Waals surface area (Å²) >= 11 is 12.0. The van der Waals surface area contributed by atoms with Crippen LogP contribution >= 0.6 is 23.2 Å². The fourth-order valence-corrected chi connectivity index (χ4v) is 4.21. The number of sulfonamides is 1. The number of benzene rings is 2. The smallest absolute Gasteiger partial charge is 0.247 e. The van der Waals surface area contributed by atoms with Crippen LogP contribution in [0.5, 0.6) is 0 Å². The summed E-state index contributed by atoms with van der Waals surface area (Å²) < 4.78 is 25.6. The summed E-state index contributed by atoms with van der Waals surface area (Å²) in [5.41, 5.74) is 2.95. The molecule has 0 spiro atoms. The van der Waals surface area contributed by atoms with Gasteiger partial charge in [0, 0.05) is 15.7 Å². The molecule has 5 nitrogen and oxygen atoms in total. The molecule has 2 rings (SSSR count). The predicted octanol–water partition coefficient (Wildman–Crippen LogP) is 4.40. The van der Waals surface area contributed by atoms with E-state index in [-0.39, 0.29) is 15.7 Å². The number of amides is 1. The second-order valence-corrected chi connectivity index (χ2v) is 8.88. The Hall–Kier alpha value is -1.76. The lowest BCUT2D eigenvalue weighted by Gasteiger charge is -2.28. The molecule has 8 heteroatoms. The van der Waals surface area contributed by atoms with Crippen LogP contribution in [0.4, 0.5) is 11.4 Å². The number of rotatable bonds is 5. The van der Waals surface area contributed by atoms with Crippen LogP contribution < -0.4 is 9.62 Å². The van der Waals surface area contributed by atoms with Crippen LogP contribution in [0.1, 0.15) is 18.1 Å². The van der Waals surface area contributed by atoms with Crippen molar-refractivity contribution in [1.29, 1.82) is 0 Å². The molecular weight excluding hydrogens is 395 g/mol. The number of hydrogen-bond acceptors (Lipinski definition) is 3. The molecule has 0 aliphatic heterocycles. The summed E-state index contributed by atoms with van der Waals surface area (Å²) in [5, 5.41) is 3.31. The Balaban J connectivity index is 2.35. The van der Waals surface area contributed by atoms with Crippen molar-refractivity contribution in [2.75, 3.05) is 15.9 Å². The summed E-state index contributed by atoms with van der Waals surface area (Å²) in [6, 6.07) is 8.90. The summed E-state index contributed by atoms with van der Waals surface area (Å²) in [5.74, 6) is -0.463. The van der Waals surface area contributed by atoms with Crippen molar-refractivity contribution in [1.82, 2.24) is 0 Å². The van der Waals surface area contributed by atoms with Crippen LogP contribution in [0.25, 0.3) is 0 Å². The van der Waals surface area contributed by atoms with Crippen LogP contribution in [-0.2, 0) is 14.8 Å². The Morgan fingerprint density at radius 1 is 1.04 bits per heavy atom. The summed E-state index contributed by atoms with van der Waals surface area (Å²) in [6.07, 6.45) is 1.03. The molecular formula is C18H20Cl2N2O3S. The van der Waals surface area contributed by atoms with E-state index in [1.54, 1.807) is 6.07 Å². The number of hydrogen-bond donors (Lipinski definition) is 1. The predicted molar refractivity (Wildman–Crippen MR) is 108 cm³/mol. The molecule has 1 atom stereocenters. The monoisotopic (exact) mass is 414 g/mol. The minimum absolute atomic E-state index is 0.229. The van der Waals surface area contributed by atoms with E-state index < -0.39 is 22.0 Å². The van der Waals surface area contributed by atoms with Gasteiger partial charge in [0.05, 0.1) is 11.9 Å². The first-order chi connectivity index (χ1) is 12.0. The lowest BCUT2D eigenvalue weighted by atomic mass is 10.1. The third-order valence-corrected chi connectivity index (χ3v) is 5.64. The van der Waals surface area contributed by atoms with Crippen LogP contribution in [0.15, 0.2) is 36.4 Å². The molecule has 0 aliphatic carbocycles. The van der Waals surface area contributed by atoms with Gasteiger partial charge in [-0.1, -0.05) is 29.3 Å². The number of carbonyl (C=O) groups excluding carboxylic acids is 1. The highest BCUT2D eigenvalue weighted by Crippen LogP contribution is 2.29. The van der Waals surface area contributed by atoms with Gasteiger partial charge in [0.1, 0.15) is 6.04 Å². The maximum absolute atomic E-state index is 12.7. The lowest BCUT2D eigenvalue weighted by molar-refractivity contribution is -0.116. The number of aryl methyl sites for hydroxylation is 2. The van der Waals surface area contributed by atoms with Crippen molar-refractivity contribution in [2.24, 2.45) is 0 Å². The van der Waals surface area contributed by atoms with Crippen molar-refractivity contribution in [3.05, 3.63) is 57.6 Å². The van der Waals surface area contributed by atoms with E-state index in [4.69, 9.17) is 23.2 Å². The standard InChI is InChI=1S/C18H20Cl2N2O3S/c1-11-5-6-16(7-12(11)2)21-18(23)13(3)22(26(4,24)25)17-9-14(19)8-15(20)10-17/h5-10,13H,1-4H3,(H,21,23)/t13-/m0/s1. The Kier molecular flexibility index (Phi) is 6.21. The number of anilines is 2. The fourth-order valence-electron chi connectivity index (χ4n) is 2.54. The van der Waals surface area contributed by atoms with Gasteiger partial charge in [0.25, 0.3) is 0 Å². The number of nitrogens with one attached hydrogen (secondary N) is 1. The number of carbonyl (C=O) groups is 1. The lowest BCUT2D eigenvalue weighted by Crippen LogP contribution is -2.45. The fraction of sp³-hybridized carbons (Fsp3) is 0.278. The van der Waals surface area contributed by atoms with E-state index >= 15 is 0 Å². The van der Waals surface area contributed by atoms with Gasteiger partial charge in [-0.05, 0) is 62.2 Å². The van der Waals surface area contributed by atoms with E-state index in [1.165, 1.54) is 25.1 Å². The molecule has 0 fully saturated rings. The molecule has 1 N–H and O–H groups in total. The first kappa shape index (κ1) is 20.6. The molecule has 0 saturated heterocycles. The Morgan fingerprint density at radius 2 is 1.62 bits per heavy atom. The van der Waals surface area contributed by atoms with Gasteiger partial charge in [-0.2, -0.15) is 0 Å². The number of nitrogens with zero attached hydrogens (tertiary/aromatic N) is 1. The molecule has 0 saturated carbocycles. The molecule has 0 bridgehead atoms. The second kappa shape index (κ2) is 7.86. The zero-order valence-electron chi connectivity index (χ0n) is 14.9. The van der Waals surface area contributed by atoms with Gasteiger partial charge >= 0.3 is 0 Å². The number of halogens is 2. The highest BCUT2D eigenvalue weighted by Gasteiger charge is 2.29. The molecule has 0 heterocycles. The molecule has 0 aliphatic rings. The largest absolute Gasteiger partial charge is 0.324 e. The summed E-state index contributed by atoms with van der Waals surface area (Å²) in [7, 11) is -3.75. The van der Waals surface area contributed by atoms with Gasteiger partial charge in [-0.25, -0.2) is 8.42 Å². The molecule has 0 aromatic heterocycles. The molecule has 26 heavy (non-hydrogen) atoms. The van der Waals surface area contributed by atoms with E-state index in [2.05, 4.69) is 5.32 Å². The molecule has 1 amide bonds. The topological polar surface area (TPSA) is 66.5 Å². The minimum Gasteiger partial charge on any atom is -0.324 e. The second-order valence-electron chi connectivity index (χ2n) is 6.15. The Bertz CT molecular complexity index is 925. The SMILES string of the molecule is Cc1ccc(NC(=O)[C@H](C)N(c2cc(Cl)cc(Cl)c2)S(C)(=O)=O)cc1C. The third kappa shape index (κ3) is 4.90. The molecule has 2 aromatic rings. The normalized spacial score (nSPS) is 12.5. The van der Waals surface area contributed by atoms with Crippen LogP contribution in [-0.4, -0.2) is 26.6 Å². The maximum atomic E-state index is 12.7. The highest BCUT2D eigenvalue weighted by molar-refractivity contribution is 7.92. The van der Waals surface area contributed by atoms with Crippen LogP contribution in [0.2, 0.25) is 10.0 Å². The van der Waals surface area contributed by atoms with Gasteiger partial charge in [-0.3, -0.25) is 9.10 Å². The van der Waals surface area contributed by atoms with E-state index in [0.717, 1.165) is 21.7 Å². The van der Waals surface area contributed by atoms with E-state index in [0.29, 0.717) is 5.69 Å². The summed E-state index contributed by atoms with van der Waals surface area (Å²) in [4.78, 5) is 12.7. The Morgan fingerprint density at radius 3 is 2.12 bits per heavy atom. The maximum Gasteiger partial charge on any atom is 0.247 e. The average Bonchev–Trinajstić information content (AvgIpc) is 2.48. The van der Waals surface area contributed by atoms with Gasteiger partial charge in [0.15, 0.2) is 0 Å². The minimum atomic E-state index is -3.75. The van der Waals surface area contributed by atoms with E-state index in [1.807, 2.05) is 26.0 Å². The van der Waals surface area contributed by atoms with E-state index in [9.17, 15) is 13.2 Å². The van der Waals surface area contributed by atoms with Crippen LogP contribution in [0.3, 0.4) is 0 Å². The Labute approximate surface area is 164 Å². The first-order valence-corrected chi connectivity index (χ1v) is 10.4. The van der Waals surface area contributed by atoms with Crippen molar-refractivity contribution in [2.45, 2.75) is 26.8 Å². The van der Waals surface area contributed by atoms with Crippen molar-refractivity contribution in [3.63, 3.8) is 0 Å². The van der Waals surface area contributed by atoms with Gasteiger partial charge in [-0.15, -0.1) is 0 Å². The van der Waals surface area contributed by atoms with Crippen molar-refractivity contribution >= 4 is 50.5 Å². The quantitative estimate of drug-likeness (QED) is 0.787. The highest BCUT2D eigenvalue weighted by atomic mass is 35.5. The molecule has 2 aromatic carbocycles. The van der Waals surface area contributed by atoms with Crippen LogP contribution in [0, 0.1) is 13.8 Å². The molecule has 140 valence electrons. The first-order valence-electron chi connectivity index (χ1n) is 7.82. The molecule has 0 radical (unpaired) electrons. The summed E-state index contributed by atoms with van der Waals surface area (Å²) in [6.45, 7) is 5.41. The molecule has 0 unspecified atom stereocenters. The van der Waals surface area contributed by atoms with Gasteiger partial charge < -0.3 is 5.32 Å². The van der Waals surface area contributed by atoms with Crippen molar-refractivity contribution < 1.29 is 13.2 Å². The third-order valence-electron chi connectivity index (χ3n) is 3.96. The average molecular weight is 415 g/mol. The zero-order chi connectivity index (χ0) is 19.6. The van der Waals surface area contributed by atoms with Gasteiger partial charge in [0.2, 0.25) is 15.9 Å².